The van der Waals surface area contributed by atoms with Crippen molar-refractivity contribution in [2.24, 2.45) is 0 Å². The molecule has 0 unspecified atom stereocenters. The molecule has 0 radical (unpaired) electrons. The van der Waals surface area contributed by atoms with Crippen LogP contribution in [0.2, 0.25) is 0 Å². The van der Waals surface area contributed by atoms with Crippen molar-refractivity contribution in [3.63, 3.8) is 0 Å². The van der Waals surface area contributed by atoms with Gasteiger partial charge >= 0.3 is 0 Å². The van der Waals surface area contributed by atoms with Crippen LogP contribution in [0.15, 0.2) is 17.0 Å². The van der Waals surface area contributed by atoms with E-state index in [4.69, 9.17) is 0 Å². The van der Waals surface area contributed by atoms with Gasteiger partial charge in [-0.05, 0) is 6.92 Å². The Morgan fingerprint density at radius 3 is 3.20 bits per heavy atom. The largest absolute Gasteiger partial charge is 0.347 e. The molecule has 2 aliphatic rings. The van der Waals surface area contributed by atoms with Crippen LogP contribution >= 0.6 is 0 Å². The summed E-state index contributed by atoms with van der Waals surface area (Å²) >= 11 is 0. The van der Waals surface area contributed by atoms with Gasteiger partial charge in [0.15, 0.2) is 0 Å². The molecule has 4 heteroatoms. The zero-order valence-electron chi connectivity index (χ0n) is 5.40. The molecule has 0 aliphatic carbocycles. The molecule has 0 bridgehead atoms. The normalized spacial score (nSPS) is 10.5. The minimum absolute atomic E-state index is 0.811. The molecule has 0 atom stereocenters. The van der Waals surface area contributed by atoms with Crippen molar-refractivity contribution >= 4 is 0 Å². The van der Waals surface area contributed by atoms with Gasteiger partial charge in [0.05, 0.1) is 11.3 Å². The first-order chi connectivity index (χ1) is 4.88. The maximum atomic E-state index is 4.60. The highest BCUT2D eigenvalue weighted by atomic mass is 16.5. The van der Waals surface area contributed by atoms with Gasteiger partial charge in [-0.1, -0.05) is 0 Å². The van der Waals surface area contributed by atoms with E-state index in [1.54, 1.807) is 6.20 Å². The Balaban J connectivity index is 2.78. The van der Waals surface area contributed by atoms with E-state index < -0.39 is 0 Å². The van der Waals surface area contributed by atoms with Gasteiger partial charge in [0, 0.05) is 11.5 Å². The molecule has 0 saturated carbocycles. The Labute approximate surface area is 57.2 Å². The second kappa shape index (κ2) is 1.76. The van der Waals surface area contributed by atoms with Crippen molar-refractivity contribution in [3.05, 3.63) is 18.2 Å². The number of hydrogen-bond acceptors (Lipinski definition) is 4. The van der Waals surface area contributed by atoms with Gasteiger partial charge in [0.25, 0.3) is 0 Å². The highest BCUT2D eigenvalue weighted by Gasteiger charge is 2.08. The number of nitrogens with zero attached hydrogens (tertiary/aromatic N) is 3. The van der Waals surface area contributed by atoms with E-state index in [0.717, 1.165) is 17.0 Å². The molecule has 0 N–H and O–H groups in total. The molecule has 0 saturated heterocycles. The SMILES string of the molecule is Cc1ncc2connc1-2. The van der Waals surface area contributed by atoms with Gasteiger partial charge in [-0.3, -0.25) is 4.98 Å². The lowest BCUT2D eigenvalue weighted by molar-refractivity contribution is 0.361. The van der Waals surface area contributed by atoms with Crippen molar-refractivity contribution in [1.82, 2.24) is 15.4 Å². The molecule has 0 aromatic heterocycles. The quantitative estimate of drug-likeness (QED) is 0.538. The summed E-state index contributed by atoms with van der Waals surface area (Å²) in [4.78, 5) is 4.03. The highest BCUT2D eigenvalue weighted by Crippen LogP contribution is 2.19. The van der Waals surface area contributed by atoms with Gasteiger partial charge in [-0.15, -0.1) is 5.10 Å². The molecule has 0 aromatic rings. The van der Waals surface area contributed by atoms with Crippen molar-refractivity contribution in [2.75, 3.05) is 0 Å². The number of aromatic nitrogens is 3. The van der Waals surface area contributed by atoms with Gasteiger partial charge in [-0.2, -0.15) is 0 Å². The van der Waals surface area contributed by atoms with Crippen LogP contribution in [-0.4, -0.2) is 15.4 Å². The van der Waals surface area contributed by atoms with Crippen molar-refractivity contribution in [1.29, 1.82) is 0 Å². The maximum Gasteiger partial charge on any atom is 0.135 e. The third-order valence-electron chi connectivity index (χ3n) is 1.38. The van der Waals surface area contributed by atoms with Gasteiger partial charge in [-0.25, -0.2) is 0 Å². The monoisotopic (exact) mass is 135 g/mol. The van der Waals surface area contributed by atoms with Crippen LogP contribution in [0.5, 0.6) is 0 Å². The Hall–Kier alpha value is -1.45. The van der Waals surface area contributed by atoms with Gasteiger partial charge < -0.3 is 4.52 Å². The summed E-state index contributed by atoms with van der Waals surface area (Å²) in [6.07, 6.45) is 3.24. The summed E-state index contributed by atoms with van der Waals surface area (Å²) in [6, 6.07) is 0. The van der Waals surface area contributed by atoms with Gasteiger partial charge in [0.2, 0.25) is 0 Å². The molecule has 0 fully saturated rings. The van der Waals surface area contributed by atoms with Crippen LogP contribution in [-0.2, 0) is 0 Å². The van der Waals surface area contributed by atoms with Crippen LogP contribution in [0, 0.1) is 6.92 Å². The molecule has 0 aromatic carbocycles. The number of aryl methyl sites for hydroxylation is 1. The molecule has 4 nitrogen and oxygen atoms in total. The lowest BCUT2D eigenvalue weighted by Gasteiger charge is -1.90. The lowest BCUT2D eigenvalue weighted by atomic mass is 10.2. The number of rotatable bonds is 0. The zero-order chi connectivity index (χ0) is 6.97. The molecular weight excluding hydrogens is 130 g/mol. The second-order valence-corrected chi connectivity index (χ2v) is 2.05. The Morgan fingerprint density at radius 1 is 1.50 bits per heavy atom. The third kappa shape index (κ3) is 0.586. The second-order valence-electron chi connectivity index (χ2n) is 2.05. The summed E-state index contributed by atoms with van der Waals surface area (Å²) in [5.74, 6) is 0. The summed E-state index contributed by atoms with van der Waals surface area (Å²) in [5, 5.41) is 7.14. The molecule has 2 aliphatic heterocycles. The van der Waals surface area contributed by atoms with Crippen LogP contribution in [0.1, 0.15) is 5.69 Å². The minimum atomic E-state index is 0.811. The molecule has 0 amide bonds. The summed E-state index contributed by atoms with van der Waals surface area (Å²) in [6.45, 7) is 1.89. The summed E-state index contributed by atoms with van der Waals surface area (Å²) < 4.78 is 4.60. The molecular formula is C6H5N3O. The van der Waals surface area contributed by atoms with E-state index in [9.17, 15) is 0 Å². The average Bonchev–Trinajstić information content (AvgIpc) is 2.34. The van der Waals surface area contributed by atoms with E-state index >= 15 is 0 Å². The van der Waals surface area contributed by atoms with Crippen molar-refractivity contribution in [2.45, 2.75) is 6.92 Å². The van der Waals surface area contributed by atoms with Crippen LogP contribution < -0.4 is 0 Å². The lowest BCUT2D eigenvalue weighted by Crippen LogP contribution is -1.85. The number of fused-ring (bicyclic) bond motifs is 1. The fourth-order valence-electron chi connectivity index (χ4n) is 0.859. The van der Waals surface area contributed by atoms with E-state index in [-0.39, 0.29) is 0 Å². The van der Waals surface area contributed by atoms with Crippen molar-refractivity contribution in [3.8, 4) is 11.3 Å². The van der Waals surface area contributed by atoms with Crippen LogP contribution in [0.3, 0.4) is 0 Å². The van der Waals surface area contributed by atoms with E-state index in [1.165, 1.54) is 6.26 Å². The van der Waals surface area contributed by atoms with Gasteiger partial charge in [0.1, 0.15) is 12.0 Å². The van der Waals surface area contributed by atoms with Crippen molar-refractivity contribution < 1.29 is 4.52 Å². The van der Waals surface area contributed by atoms with E-state index in [0.29, 0.717) is 0 Å². The van der Waals surface area contributed by atoms with E-state index in [1.807, 2.05) is 6.92 Å². The Kier molecular flexibility index (Phi) is 0.943. The fourth-order valence-corrected chi connectivity index (χ4v) is 0.859. The minimum Gasteiger partial charge on any atom is -0.347 e. The van der Waals surface area contributed by atoms with Crippen LogP contribution in [0.25, 0.3) is 11.3 Å². The maximum absolute atomic E-state index is 4.60. The smallest absolute Gasteiger partial charge is 0.135 e. The Morgan fingerprint density at radius 2 is 2.40 bits per heavy atom. The highest BCUT2D eigenvalue weighted by molar-refractivity contribution is 5.60. The number of hydrogen-bond donors (Lipinski definition) is 0. The molecule has 10 heavy (non-hydrogen) atoms. The topological polar surface area (TPSA) is 51.8 Å². The molecule has 2 heterocycles. The standard InChI is InChI=1S/C6H5N3O/c1-4-6-5(2-7-4)3-10-9-8-6/h2-3H,1H3. The molecule has 50 valence electrons. The summed E-state index contributed by atoms with van der Waals surface area (Å²) in [5.41, 5.74) is 2.59. The average molecular weight is 135 g/mol. The van der Waals surface area contributed by atoms with E-state index in [2.05, 4.69) is 19.9 Å². The Bertz CT molecular complexity index is 317. The van der Waals surface area contributed by atoms with Crippen LogP contribution in [0.4, 0.5) is 0 Å². The predicted molar refractivity (Wildman–Crippen MR) is 33.5 cm³/mol. The first-order valence-electron chi connectivity index (χ1n) is 2.90. The third-order valence-corrected chi connectivity index (χ3v) is 1.38. The summed E-state index contributed by atoms with van der Waals surface area (Å²) in [7, 11) is 0. The fraction of sp³-hybridized carbons (Fsp3) is 0.167. The zero-order valence-corrected chi connectivity index (χ0v) is 5.40. The predicted octanol–water partition coefficient (Wildman–Crippen LogP) is 0.878. The molecule has 2 rings (SSSR count). The molecule has 0 spiro atoms. The first-order valence-corrected chi connectivity index (χ1v) is 2.90. The first kappa shape index (κ1) is 5.34.